The molecule has 0 unspecified atom stereocenters. The third-order valence-electron chi connectivity index (χ3n) is 3.16. The van der Waals surface area contributed by atoms with E-state index in [0.29, 0.717) is 12.3 Å². The summed E-state index contributed by atoms with van der Waals surface area (Å²) in [7, 11) is 0. The molecule has 1 aromatic heterocycles. The molecule has 0 radical (unpaired) electrons. The lowest BCUT2D eigenvalue weighted by Gasteiger charge is -2.22. The molecule has 2 rings (SSSR count). The molecule has 5 heteroatoms. The molecule has 116 valence electrons. The first kappa shape index (κ1) is 15.8. The van der Waals surface area contributed by atoms with Crippen molar-refractivity contribution < 1.29 is 14.6 Å². The van der Waals surface area contributed by atoms with E-state index < -0.39 is 6.09 Å². The van der Waals surface area contributed by atoms with Crippen LogP contribution in [-0.4, -0.2) is 22.8 Å². The number of hydrogen-bond acceptors (Lipinski definition) is 4. The minimum absolute atomic E-state index is 0.0332. The Kier molecular flexibility index (Phi) is 5.77. The number of rotatable bonds is 6. The van der Waals surface area contributed by atoms with E-state index in [2.05, 4.69) is 4.98 Å². The highest BCUT2D eigenvalue weighted by molar-refractivity contribution is 5.89. The molecule has 0 aliphatic rings. The van der Waals surface area contributed by atoms with Crippen LogP contribution in [0.15, 0.2) is 48.7 Å². The van der Waals surface area contributed by atoms with Gasteiger partial charge in [-0.15, -0.1) is 0 Å². The van der Waals surface area contributed by atoms with E-state index in [4.69, 9.17) is 4.74 Å². The summed E-state index contributed by atoms with van der Waals surface area (Å²) in [6.45, 7) is 2.63. The Morgan fingerprint density at radius 1 is 1.23 bits per heavy atom. The number of hydrogen-bond donors (Lipinski definition) is 1. The second-order valence-corrected chi connectivity index (χ2v) is 4.86. The van der Waals surface area contributed by atoms with E-state index >= 15 is 0 Å². The molecule has 1 heterocycles. The Hall–Kier alpha value is -2.56. The summed E-state index contributed by atoms with van der Waals surface area (Å²) in [5.74, 6) is 0.0332. The Morgan fingerprint density at radius 2 is 2.00 bits per heavy atom. The van der Waals surface area contributed by atoms with Crippen LogP contribution in [0.2, 0.25) is 0 Å². The number of pyridine rings is 1. The number of anilines is 1. The number of aromatic hydroxyl groups is 1. The Balaban J connectivity index is 2.20. The Bertz CT molecular complexity index is 602. The fraction of sp³-hybridized carbons (Fsp3) is 0.294. The summed E-state index contributed by atoms with van der Waals surface area (Å²) in [5, 5.41) is 10.0. The van der Waals surface area contributed by atoms with Crippen molar-refractivity contribution in [3.8, 4) is 5.75 Å². The van der Waals surface area contributed by atoms with E-state index in [0.717, 1.165) is 18.5 Å². The van der Waals surface area contributed by atoms with Crippen LogP contribution in [0.4, 0.5) is 10.5 Å². The second kappa shape index (κ2) is 8.02. The first-order valence-electron chi connectivity index (χ1n) is 7.34. The Labute approximate surface area is 130 Å². The van der Waals surface area contributed by atoms with Crippen molar-refractivity contribution in [2.45, 2.75) is 26.3 Å². The van der Waals surface area contributed by atoms with Crippen molar-refractivity contribution >= 4 is 11.8 Å². The van der Waals surface area contributed by atoms with E-state index in [1.54, 1.807) is 30.5 Å². The standard InChI is InChI=1S/C17H20N2O3/c1-2-3-12-22-17(21)19(13-14-8-6-7-11-18-14)15-9-4-5-10-16(15)20/h4-11,20H,2-3,12-13H2,1H3. The maximum absolute atomic E-state index is 12.3. The Morgan fingerprint density at radius 3 is 2.68 bits per heavy atom. The molecule has 0 bridgehead atoms. The normalized spacial score (nSPS) is 10.2. The van der Waals surface area contributed by atoms with Crippen LogP contribution in [0.1, 0.15) is 25.5 Å². The third kappa shape index (κ3) is 4.22. The third-order valence-corrected chi connectivity index (χ3v) is 3.16. The lowest BCUT2D eigenvalue weighted by Crippen LogP contribution is -2.31. The number of amides is 1. The zero-order valence-electron chi connectivity index (χ0n) is 12.6. The van der Waals surface area contributed by atoms with Gasteiger partial charge in [-0.25, -0.2) is 4.79 Å². The van der Waals surface area contributed by atoms with Gasteiger partial charge in [-0.3, -0.25) is 9.88 Å². The maximum Gasteiger partial charge on any atom is 0.414 e. The van der Waals surface area contributed by atoms with Crippen molar-refractivity contribution in [2.24, 2.45) is 0 Å². The van der Waals surface area contributed by atoms with E-state index in [-0.39, 0.29) is 12.3 Å². The van der Waals surface area contributed by atoms with Gasteiger partial charge in [0.1, 0.15) is 5.75 Å². The fourth-order valence-corrected chi connectivity index (χ4v) is 1.98. The average Bonchev–Trinajstić information content (AvgIpc) is 2.54. The quantitative estimate of drug-likeness (QED) is 0.826. The fourth-order valence-electron chi connectivity index (χ4n) is 1.98. The number of ether oxygens (including phenoxy) is 1. The molecule has 0 spiro atoms. The van der Waals surface area contributed by atoms with Gasteiger partial charge in [0.05, 0.1) is 24.5 Å². The van der Waals surface area contributed by atoms with Crippen molar-refractivity contribution in [1.29, 1.82) is 0 Å². The van der Waals surface area contributed by atoms with Crippen LogP contribution in [-0.2, 0) is 11.3 Å². The molecule has 0 fully saturated rings. The van der Waals surface area contributed by atoms with Gasteiger partial charge in [0.2, 0.25) is 0 Å². The number of benzene rings is 1. The molecule has 0 saturated carbocycles. The van der Waals surface area contributed by atoms with Crippen LogP contribution >= 0.6 is 0 Å². The second-order valence-electron chi connectivity index (χ2n) is 4.86. The number of nitrogens with zero attached hydrogens (tertiary/aromatic N) is 2. The maximum atomic E-state index is 12.3. The van der Waals surface area contributed by atoms with Gasteiger partial charge >= 0.3 is 6.09 Å². The largest absolute Gasteiger partial charge is 0.506 e. The summed E-state index contributed by atoms with van der Waals surface area (Å²) in [4.78, 5) is 18.0. The summed E-state index contributed by atoms with van der Waals surface area (Å²) in [6.07, 6.45) is 2.94. The van der Waals surface area contributed by atoms with Crippen molar-refractivity contribution in [1.82, 2.24) is 4.98 Å². The van der Waals surface area contributed by atoms with Gasteiger partial charge in [0.15, 0.2) is 0 Å². The number of para-hydroxylation sites is 2. The highest BCUT2D eigenvalue weighted by Gasteiger charge is 2.20. The van der Waals surface area contributed by atoms with Gasteiger partial charge in [0, 0.05) is 6.20 Å². The monoisotopic (exact) mass is 300 g/mol. The van der Waals surface area contributed by atoms with Crippen molar-refractivity contribution in [3.63, 3.8) is 0 Å². The molecule has 2 aromatic rings. The topological polar surface area (TPSA) is 62.7 Å². The number of phenols is 1. The number of carbonyl (C=O) groups is 1. The predicted octanol–water partition coefficient (Wildman–Crippen LogP) is 3.73. The number of aromatic nitrogens is 1. The molecule has 1 amide bonds. The first-order valence-corrected chi connectivity index (χ1v) is 7.34. The summed E-state index contributed by atoms with van der Waals surface area (Å²) in [5.41, 5.74) is 1.13. The zero-order chi connectivity index (χ0) is 15.8. The SMILES string of the molecule is CCCCOC(=O)N(Cc1ccccn1)c1ccccc1O. The van der Waals surface area contributed by atoms with Gasteiger partial charge in [-0.05, 0) is 30.7 Å². The lowest BCUT2D eigenvalue weighted by atomic mass is 10.2. The van der Waals surface area contributed by atoms with Crippen LogP contribution < -0.4 is 4.90 Å². The van der Waals surface area contributed by atoms with Crippen molar-refractivity contribution in [3.05, 3.63) is 54.4 Å². The molecule has 5 nitrogen and oxygen atoms in total. The smallest absolute Gasteiger partial charge is 0.414 e. The first-order chi connectivity index (χ1) is 10.7. The van der Waals surface area contributed by atoms with Gasteiger partial charge < -0.3 is 9.84 Å². The zero-order valence-corrected chi connectivity index (χ0v) is 12.6. The van der Waals surface area contributed by atoms with E-state index in [9.17, 15) is 9.90 Å². The van der Waals surface area contributed by atoms with Gasteiger partial charge in [-0.2, -0.15) is 0 Å². The van der Waals surface area contributed by atoms with Crippen LogP contribution in [0, 0.1) is 0 Å². The molecular formula is C17H20N2O3. The van der Waals surface area contributed by atoms with Gasteiger partial charge in [-0.1, -0.05) is 31.5 Å². The number of carbonyl (C=O) groups excluding carboxylic acids is 1. The van der Waals surface area contributed by atoms with Gasteiger partial charge in [0.25, 0.3) is 0 Å². The molecule has 1 aromatic carbocycles. The minimum Gasteiger partial charge on any atom is -0.506 e. The molecule has 0 atom stereocenters. The molecule has 1 N–H and O–H groups in total. The molecule has 0 saturated heterocycles. The average molecular weight is 300 g/mol. The lowest BCUT2D eigenvalue weighted by molar-refractivity contribution is 0.151. The molecular weight excluding hydrogens is 280 g/mol. The van der Waals surface area contributed by atoms with Crippen LogP contribution in [0.25, 0.3) is 0 Å². The molecule has 0 aliphatic carbocycles. The summed E-state index contributed by atoms with van der Waals surface area (Å²) in [6, 6.07) is 12.2. The number of unbranched alkanes of at least 4 members (excludes halogenated alkanes) is 1. The van der Waals surface area contributed by atoms with Crippen LogP contribution in [0.5, 0.6) is 5.75 Å². The minimum atomic E-state index is -0.486. The molecule has 22 heavy (non-hydrogen) atoms. The highest BCUT2D eigenvalue weighted by atomic mass is 16.6. The summed E-state index contributed by atoms with van der Waals surface area (Å²) >= 11 is 0. The van der Waals surface area contributed by atoms with E-state index in [1.807, 2.05) is 25.1 Å². The highest BCUT2D eigenvalue weighted by Crippen LogP contribution is 2.28. The number of phenolic OH excluding ortho intramolecular Hbond substituents is 1. The molecule has 0 aliphatic heterocycles. The summed E-state index contributed by atoms with van der Waals surface area (Å²) < 4.78 is 5.27. The van der Waals surface area contributed by atoms with Crippen molar-refractivity contribution in [2.75, 3.05) is 11.5 Å². The predicted molar refractivity (Wildman–Crippen MR) is 84.8 cm³/mol. The van der Waals surface area contributed by atoms with E-state index in [1.165, 1.54) is 4.90 Å². The van der Waals surface area contributed by atoms with Crippen LogP contribution in [0.3, 0.4) is 0 Å².